The molecule has 1 aromatic carbocycles. The second kappa shape index (κ2) is 6.01. The number of amides is 1. The molecule has 1 saturated carbocycles. The highest BCUT2D eigenvalue weighted by Gasteiger charge is 2.39. The van der Waals surface area contributed by atoms with Crippen molar-refractivity contribution in [2.75, 3.05) is 33.9 Å². The average Bonchev–Trinajstić information content (AvgIpc) is 3.38. The molecular weight excluding hydrogens is 320 g/mol. The summed E-state index contributed by atoms with van der Waals surface area (Å²) in [6, 6.07) is 4.85. The molecule has 2 aliphatic rings. The number of benzene rings is 1. The number of carbonyl (C=O) groups is 1. The van der Waals surface area contributed by atoms with Gasteiger partial charge in [0.15, 0.2) is 0 Å². The maximum Gasteiger partial charge on any atom is 0.247 e. The fourth-order valence-electron chi connectivity index (χ4n) is 2.77. The van der Waals surface area contributed by atoms with Gasteiger partial charge in [-0.05, 0) is 25.0 Å². The summed E-state index contributed by atoms with van der Waals surface area (Å²) < 4.78 is 37.2. The Morgan fingerprint density at radius 2 is 1.87 bits per heavy atom. The van der Waals surface area contributed by atoms with Gasteiger partial charge in [-0.3, -0.25) is 4.79 Å². The summed E-state index contributed by atoms with van der Waals surface area (Å²) in [5.41, 5.74) is 0. The first-order valence-corrected chi connectivity index (χ1v) is 8.93. The first kappa shape index (κ1) is 16.1. The van der Waals surface area contributed by atoms with E-state index in [4.69, 9.17) is 9.47 Å². The topological polar surface area (TPSA) is 76.2 Å². The summed E-state index contributed by atoms with van der Waals surface area (Å²) in [7, 11) is -0.881. The first-order chi connectivity index (χ1) is 11.0. The van der Waals surface area contributed by atoms with Crippen LogP contribution in [0, 0.1) is 0 Å². The highest BCUT2D eigenvalue weighted by atomic mass is 32.2. The van der Waals surface area contributed by atoms with E-state index in [1.165, 1.54) is 30.7 Å². The largest absolute Gasteiger partial charge is 0.497 e. The van der Waals surface area contributed by atoms with Gasteiger partial charge in [0.25, 0.3) is 0 Å². The molecule has 3 rings (SSSR count). The van der Waals surface area contributed by atoms with Crippen LogP contribution in [0.5, 0.6) is 11.5 Å². The molecule has 126 valence electrons. The number of nitrogens with zero attached hydrogens (tertiary/aromatic N) is 2. The van der Waals surface area contributed by atoms with E-state index in [1.807, 2.05) is 0 Å². The van der Waals surface area contributed by atoms with Crippen LogP contribution < -0.4 is 9.47 Å². The number of ether oxygens (including phenoxy) is 2. The minimum absolute atomic E-state index is 0.0495. The lowest BCUT2D eigenvalue weighted by molar-refractivity contribution is -0.134. The number of rotatable bonds is 5. The van der Waals surface area contributed by atoms with Crippen molar-refractivity contribution in [3.63, 3.8) is 0 Å². The van der Waals surface area contributed by atoms with Crippen molar-refractivity contribution in [1.29, 1.82) is 0 Å². The van der Waals surface area contributed by atoms with Crippen molar-refractivity contribution >= 4 is 15.9 Å². The molecule has 0 aromatic heterocycles. The molecule has 0 atom stereocenters. The summed E-state index contributed by atoms with van der Waals surface area (Å²) >= 11 is 0. The highest BCUT2D eigenvalue weighted by Crippen LogP contribution is 2.33. The third kappa shape index (κ3) is 3.00. The van der Waals surface area contributed by atoms with Crippen molar-refractivity contribution < 1.29 is 22.7 Å². The molecule has 1 saturated heterocycles. The van der Waals surface area contributed by atoms with Gasteiger partial charge in [0.05, 0.1) is 20.8 Å². The van der Waals surface area contributed by atoms with Gasteiger partial charge in [0, 0.05) is 25.2 Å². The Balaban J connectivity index is 1.85. The molecule has 0 bridgehead atoms. The van der Waals surface area contributed by atoms with Crippen molar-refractivity contribution in [2.24, 2.45) is 0 Å². The quantitative estimate of drug-likeness (QED) is 0.789. The van der Waals surface area contributed by atoms with Crippen LogP contribution in [-0.4, -0.2) is 63.4 Å². The predicted molar refractivity (Wildman–Crippen MR) is 83.0 cm³/mol. The van der Waals surface area contributed by atoms with Gasteiger partial charge in [-0.15, -0.1) is 0 Å². The molecule has 1 aliphatic carbocycles. The van der Waals surface area contributed by atoms with Crippen LogP contribution in [-0.2, 0) is 14.8 Å². The van der Waals surface area contributed by atoms with Crippen LogP contribution in [0.3, 0.4) is 0 Å². The maximum atomic E-state index is 12.8. The van der Waals surface area contributed by atoms with E-state index < -0.39 is 10.0 Å². The standard InChI is InChI=1S/C15H20N2O5S/c1-21-12-5-6-14(13(9-12)22-2)23(19,20)16-7-8-17(11-3-4-11)15(18)10-16/h5-6,9,11H,3-4,7-8,10H2,1-2H3. The van der Waals surface area contributed by atoms with Crippen LogP contribution in [0.15, 0.2) is 23.1 Å². The molecule has 1 aromatic rings. The normalized spacial score (nSPS) is 19.7. The second-order valence-corrected chi connectivity index (χ2v) is 7.58. The molecule has 8 heteroatoms. The summed E-state index contributed by atoms with van der Waals surface area (Å²) in [4.78, 5) is 14.0. The summed E-state index contributed by atoms with van der Waals surface area (Å²) in [6.07, 6.45) is 2.04. The molecule has 0 unspecified atom stereocenters. The molecule has 7 nitrogen and oxygen atoms in total. The molecule has 0 spiro atoms. The number of hydrogen-bond acceptors (Lipinski definition) is 5. The second-order valence-electron chi connectivity index (χ2n) is 5.67. The van der Waals surface area contributed by atoms with Gasteiger partial charge in [0.2, 0.25) is 15.9 Å². The van der Waals surface area contributed by atoms with Crippen LogP contribution in [0.2, 0.25) is 0 Å². The molecule has 0 N–H and O–H groups in total. The van der Waals surface area contributed by atoms with Crippen molar-refractivity contribution in [3.8, 4) is 11.5 Å². The van der Waals surface area contributed by atoms with E-state index in [-0.39, 0.29) is 23.1 Å². The number of carbonyl (C=O) groups excluding carboxylic acids is 1. The third-order valence-corrected chi connectivity index (χ3v) is 6.08. The zero-order valence-electron chi connectivity index (χ0n) is 13.2. The van der Waals surface area contributed by atoms with Crippen LogP contribution in [0.25, 0.3) is 0 Å². The number of hydrogen-bond donors (Lipinski definition) is 0. The first-order valence-electron chi connectivity index (χ1n) is 7.49. The van der Waals surface area contributed by atoms with Crippen molar-refractivity contribution in [3.05, 3.63) is 18.2 Å². The van der Waals surface area contributed by atoms with Crippen LogP contribution >= 0.6 is 0 Å². The number of sulfonamides is 1. The third-order valence-electron chi connectivity index (χ3n) is 4.20. The predicted octanol–water partition coefficient (Wildman–Crippen LogP) is 0.699. The Hall–Kier alpha value is -1.80. The van der Waals surface area contributed by atoms with E-state index in [1.54, 1.807) is 11.0 Å². The lowest BCUT2D eigenvalue weighted by Gasteiger charge is -2.33. The molecule has 1 amide bonds. The molecule has 23 heavy (non-hydrogen) atoms. The van der Waals surface area contributed by atoms with Crippen molar-refractivity contribution in [2.45, 2.75) is 23.8 Å². The maximum absolute atomic E-state index is 12.8. The van der Waals surface area contributed by atoms with E-state index in [2.05, 4.69) is 0 Å². The molecule has 1 heterocycles. The minimum Gasteiger partial charge on any atom is -0.497 e. The SMILES string of the molecule is COc1ccc(S(=O)(=O)N2CCN(C3CC3)C(=O)C2)c(OC)c1. The fourth-order valence-corrected chi connectivity index (χ4v) is 4.29. The van der Waals surface area contributed by atoms with Gasteiger partial charge in [0.1, 0.15) is 16.4 Å². The monoisotopic (exact) mass is 340 g/mol. The lowest BCUT2D eigenvalue weighted by atomic mass is 10.3. The van der Waals surface area contributed by atoms with Gasteiger partial charge >= 0.3 is 0 Å². The van der Waals surface area contributed by atoms with Crippen LogP contribution in [0.4, 0.5) is 0 Å². The molecule has 1 aliphatic heterocycles. The highest BCUT2D eigenvalue weighted by molar-refractivity contribution is 7.89. The van der Waals surface area contributed by atoms with Gasteiger partial charge < -0.3 is 14.4 Å². The minimum atomic E-state index is -3.79. The molecular formula is C15H20N2O5S. The fraction of sp³-hybridized carbons (Fsp3) is 0.533. The summed E-state index contributed by atoms with van der Waals surface area (Å²) in [6.45, 7) is 0.634. The Bertz CT molecular complexity index is 715. The van der Waals surface area contributed by atoms with E-state index >= 15 is 0 Å². The molecule has 0 radical (unpaired) electrons. The van der Waals surface area contributed by atoms with Crippen LogP contribution in [0.1, 0.15) is 12.8 Å². The Labute approximate surface area is 135 Å². The van der Waals surface area contributed by atoms with Gasteiger partial charge in [-0.2, -0.15) is 4.31 Å². The van der Waals surface area contributed by atoms with Crippen molar-refractivity contribution in [1.82, 2.24) is 9.21 Å². The number of piperazine rings is 1. The summed E-state index contributed by atoms with van der Waals surface area (Å²) in [5.74, 6) is 0.589. The zero-order chi connectivity index (χ0) is 16.6. The Morgan fingerprint density at radius 1 is 1.13 bits per heavy atom. The zero-order valence-corrected chi connectivity index (χ0v) is 14.0. The van der Waals surface area contributed by atoms with E-state index in [9.17, 15) is 13.2 Å². The Kier molecular flexibility index (Phi) is 4.20. The Morgan fingerprint density at radius 3 is 2.43 bits per heavy atom. The van der Waals surface area contributed by atoms with E-state index in [0.717, 1.165) is 12.8 Å². The smallest absolute Gasteiger partial charge is 0.247 e. The van der Waals surface area contributed by atoms with Gasteiger partial charge in [-0.1, -0.05) is 0 Å². The lowest BCUT2D eigenvalue weighted by Crippen LogP contribution is -2.52. The average molecular weight is 340 g/mol. The summed E-state index contributed by atoms with van der Waals surface area (Å²) in [5, 5.41) is 0. The molecule has 2 fully saturated rings. The van der Waals surface area contributed by atoms with Gasteiger partial charge in [-0.25, -0.2) is 8.42 Å². The van der Waals surface area contributed by atoms with E-state index in [0.29, 0.717) is 24.9 Å². The number of methoxy groups -OCH3 is 2.